The molecule has 2 N–H and O–H groups in total. The van der Waals surface area contributed by atoms with E-state index in [2.05, 4.69) is 27.8 Å². The highest BCUT2D eigenvalue weighted by atomic mass is 35.5. The average molecular weight is 393 g/mol. The number of rotatable bonds is 6. The Kier molecular flexibility index (Phi) is 6.29. The number of anilines is 3. The summed E-state index contributed by atoms with van der Waals surface area (Å²) >= 11 is 0. The minimum absolute atomic E-state index is 0. The summed E-state index contributed by atoms with van der Waals surface area (Å²) in [7, 11) is 1.65. The van der Waals surface area contributed by atoms with E-state index in [0.717, 1.165) is 28.2 Å². The van der Waals surface area contributed by atoms with Gasteiger partial charge in [0.05, 0.1) is 18.3 Å². The number of halogens is 1. The van der Waals surface area contributed by atoms with E-state index in [1.54, 1.807) is 7.11 Å². The van der Waals surface area contributed by atoms with Gasteiger partial charge in [0.1, 0.15) is 11.6 Å². The van der Waals surface area contributed by atoms with E-state index < -0.39 is 0 Å². The molecule has 3 aromatic carbocycles. The van der Waals surface area contributed by atoms with Crippen LogP contribution in [0.4, 0.5) is 17.5 Å². The summed E-state index contributed by atoms with van der Waals surface area (Å²) in [6.45, 7) is 0.690. The number of ether oxygens (including phenoxy) is 1. The first-order valence-corrected chi connectivity index (χ1v) is 8.78. The first-order valence-electron chi connectivity index (χ1n) is 8.78. The monoisotopic (exact) mass is 392 g/mol. The van der Waals surface area contributed by atoms with Crippen molar-refractivity contribution in [2.24, 2.45) is 0 Å². The normalized spacial score (nSPS) is 10.2. The van der Waals surface area contributed by atoms with Gasteiger partial charge in [-0.1, -0.05) is 54.6 Å². The minimum atomic E-state index is 0. The molecule has 28 heavy (non-hydrogen) atoms. The molecule has 0 spiro atoms. The van der Waals surface area contributed by atoms with Crippen molar-refractivity contribution in [2.75, 3.05) is 17.7 Å². The fraction of sp³-hybridized carbons (Fsp3) is 0.0909. The molecular formula is C22H21ClN4O. The molecular weight excluding hydrogens is 372 g/mol. The van der Waals surface area contributed by atoms with Gasteiger partial charge in [0, 0.05) is 11.9 Å². The molecule has 0 saturated carbocycles. The van der Waals surface area contributed by atoms with Gasteiger partial charge in [-0.15, -0.1) is 12.4 Å². The third kappa shape index (κ3) is 4.32. The van der Waals surface area contributed by atoms with Crippen molar-refractivity contribution in [3.8, 4) is 5.75 Å². The molecule has 0 radical (unpaired) electrons. The SMILES string of the molecule is COc1ccccc1Nc1nc(NCc2ccccc2)c2ccccc2n1.Cl. The van der Waals surface area contributed by atoms with Gasteiger partial charge < -0.3 is 15.4 Å². The van der Waals surface area contributed by atoms with Crippen molar-refractivity contribution in [1.29, 1.82) is 0 Å². The van der Waals surface area contributed by atoms with Crippen LogP contribution in [0.3, 0.4) is 0 Å². The Bertz CT molecular complexity index is 1060. The fourth-order valence-electron chi connectivity index (χ4n) is 2.92. The van der Waals surface area contributed by atoms with Crippen LogP contribution >= 0.6 is 12.4 Å². The molecule has 4 aromatic rings. The Morgan fingerprint density at radius 3 is 2.36 bits per heavy atom. The smallest absolute Gasteiger partial charge is 0.229 e. The van der Waals surface area contributed by atoms with Crippen molar-refractivity contribution in [2.45, 2.75) is 6.54 Å². The van der Waals surface area contributed by atoms with Crippen LogP contribution in [0.2, 0.25) is 0 Å². The van der Waals surface area contributed by atoms with Crippen LogP contribution in [0, 0.1) is 0 Å². The number of benzene rings is 3. The van der Waals surface area contributed by atoms with Gasteiger partial charge in [0.15, 0.2) is 0 Å². The maximum absolute atomic E-state index is 5.41. The number of fused-ring (bicyclic) bond motifs is 1. The van der Waals surface area contributed by atoms with E-state index in [9.17, 15) is 0 Å². The molecule has 4 rings (SSSR count). The highest BCUT2D eigenvalue weighted by Crippen LogP contribution is 2.28. The van der Waals surface area contributed by atoms with Crippen LogP contribution in [0.25, 0.3) is 10.9 Å². The summed E-state index contributed by atoms with van der Waals surface area (Å²) in [4.78, 5) is 9.34. The first kappa shape index (κ1) is 19.5. The Morgan fingerprint density at radius 2 is 1.54 bits per heavy atom. The van der Waals surface area contributed by atoms with E-state index in [1.165, 1.54) is 5.56 Å². The predicted molar refractivity (Wildman–Crippen MR) is 117 cm³/mol. The van der Waals surface area contributed by atoms with Crippen LogP contribution in [0.15, 0.2) is 78.9 Å². The van der Waals surface area contributed by atoms with Crippen molar-refractivity contribution in [1.82, 2.24) is 9.97 Å². The van der Waals surface area contributed by atoms with Gasteiger partial charge >= 0.3 is 0 Å². The molecule has 0 aliphatic heterocycles. The summed E-state index contributed by atoms with van der Waals surface area (Å²) < 4.78 is 5.41. The molecule has 0 unspecified atom stereocenters. The quantitative estimate of drug-likeness (QED) is 0.459. The molecule has 1 heterocycles. The van der Waals surface area contributed by atoms with Crippen molar-refractivity contribution >= 4 is 40.8 Å². The van der Waals surface area contributed by atoms with Crippen LogP contribution in [0.1, 0.15) is 5.56 Å². The summed E-state index contributed by atoms with van der Waals surface area (Å²) in [6, 6.07) is 25.9. The standard InChI is InChI=1S/C22H20N4O.ClH/c1-27-20-14-8-7-13-19(20)25-22-24-18-12-6-5-11-17(18)21(26-22)23-15-16-9-3-2-4-10-16;/h2-14H,15H2,1H3,(H2,23,24,25,26);1H. The molecule has 6 heteroatoms. The van der Waals surface area contributed by atoms with Crippen molar-refractivity contribution in [3.63, 3.8) is 0 Å². The molecule has 0 aliphatic rings. The maximum Gasteiger partial charge on any atom is 0.229 e. The first-order chi connectivity index (χ1) is 13.3. The van der Waals surface area contributed by atoms with E-state index in [4.69, 9.17) is 9.72 Å². The Morgan fingerprint density at radius 1 is 0.821 bits per heavy atom. The van der Waals surface area contributed by atoms with E-state index >= 15 is 0 Å². The molecule has 0 bridgehead atoms. The van der Waals surface area contributed by atoms with Crippen LogP contribution in [-0.4, -0.2) is 17.1 Å². The van der Waals surface area contributed by atoms with E-state index in [1.807, 2.05) is 66.7 Å². The molecule has 0 fully saturated rings. The van der Waals surface area contributed by atoms with Gasteiger partial charge in [-0.2, -0.15) is 4.98 Å². The number of nitrogens with zero attached hydrogens (tertiary/aromatic N) is 2. The van der Waals surface area contributed by atoms with Gasteiger partial charge in [0.2, 0.25) is 5.95 Å². The topological polar surface area (TPSA) is 59.1 Å². The van der Waals surface area contributed by atoms with Crippen molar-refractivity contribution < 1.29 is 4.74 Å². The number of aromatic nitrogens is 2. The Labute approximate surface area is 170 Å². The Balaban J connectivity index is 0.00000225. The number of nitrogens with one attached hydrogen (secondary N) is 2. The van der Waals surface area contributed by atoms with E-state index in [0.29, 0.717) is 12.5 Å². The maximum atomic E-state index is 5.41. The summed E-state index contributed by atoms with van der Waals surface area (Å²) in [5, 5.41) is 7.69. The lowest BCUT2D eigenvalue weighted by Gasteiger charge is -2.13. The Hall–Kier alpha value is -3.31. The summed E-state index contributed by atoms with van der Waals surface area (Å²) in [6.07, 6.45) is 0. The molecule has 0 amide bonds. The van der Waals surface area contributed by atoms with Gasteiger partial charge in [-0.25, -0.2) is 4.98 Å². The van der Waals surface area contributed by atoms with Gasteiger partial charge in [-0.3, -0.25) is 0 Å². The van der Waals surface area contributed by atoms with Crippen LogP contribution in [-0.2, 0) is 6.54 Å². The lowest BCUT2D eigenvalue weighted by molar-refractivity contribution is 0.417. The largest absolute Gasteiger partial charge is 0.495 e. The van der Waals surface area contributed by atoms with Crippen LogP contribution < -0.4 is 15.4 Å². The molecule has 142 valence electrons. The highest BCUT2D eigenvalue weighted by molar-refractivity contribution is 5.90. The fourth-order valence-corrected chi connectivity index (χ4v) is 2.92. The molecule has 0 aliphatic carbocycles. The van der Waals surface area contributed by atoms with Crippen molar-refractivity contribution in [3.05, 3.63) is 84.4 Å². The molecule has 5 nitrogen and oxygen atoms in total. The number of methoxy groups -OCH3 is 1. The molecule has 0 saturated heterocycles. The second-order valence-electron chi connectivity index (χ2n) is 6.08. The molecule has 1 aromatic heterocycles. The minimum Gasteiger partial charge on any atom is -0.495 e. The number of para-hydroxylation sites is 3. The zero-order valence-corrected chi connectivity index (χ0v) is 16.2. The number of hydrogen-bond donors (Lipinski definition) is 2. The highest BCUT2D eigenvalue weighted by Gasteiger charge is 2.09. The van der Waals surface area contributed by atoms with Gasteiger partial charge in [-0.05, 0) is 29.8 Å². The average Bonchev–Trinajstić information content (AvgIpc) is 2.73. The second-order valence-corrected chi connectivity index (χ2v) is 6.08. The second kappa shape index (κ2) is 9.06. The summed E-state index contributed by atoms with van der Waals surface area (Å²) in [5.74, 6) is 2.06. The molecule has 0 atom stereocenters. The van der Waals surface area contributed by atoms with E-state index in [-0.39, 0.29) is 12.4 Å². The number of hydrogen-bond acceptors (Lipinski definition) is 5. The third-order valence-corrected chi connectivity index (χ3v) is 4.26. The third-order valence-electron chi connectivity index (χ3n) is 4.26. The predicted octanol–water partition coefficient (Wildman–Crippen LogP) is 5.42. The lowest BCUT2D eigenvalue weighted by Crippen LogP contribution is -2.06. The summed E-state index contributed by atoms with van der Waals surface area (Å²) in [5.41, 5.74) is 2.89. The zero-order valence-electron chi connectivity index (χ0n) is 15.4. The zero-order chi connectivity index (χ0) is 18.5. The van der Waals surface area contributed by atoms with Gasteiger partial charge in [0.25, 0.3) is 0 Å². The van der Waals surface area contributed by atoms with Crippen LogP contribution in [0.5, 0.6) is 5.75 Å². The lowest BCUT2D eigenvalue weighted by atomic mass is 10.2.